The molecule has 0 saturated carbocycles. The molecule has 0 radical (unpaired) electrons. The highest BCUT2D eigenvalue weighted by atomic mass is 32.1. The number of thiophene rings is 1. The highest BCUT2D eigenvalue weighted by molar-refractivity contribution is 7.12. The molecule has 3 aromatic rings. The second-order valence-corrected chi connectivity index (χ2v) is 6.49. The molecule has 0 unspecified atom stereocenters. The number of aromatic nitrogens is 2. The zero-order chi connectivity index (χ0) is 19.4. The predicted molar refractivity (Wildman–Crippen MR) is 99.6 cm³/mol. The lowest BCUT2D eigenvalue weighted by Gasteiger charge is -2.12. The smallest absolute Gasteiger partial charge is 0.261 e. The van der Waals surface area contributed by atoms with Crippen LogP contribution in [0.2, 0.25) is 0 Å². The summed E-state index contributed by atoms with van der Waals surface area (Å²) in [6.07, 6.45) is 0. The number of benzene rings is 1. The van der Waals surface area contributed by atoms with Crippen molar-refractivity contribution in [3.63, 3.8) is 0 Å². The molecular formula is C18H19N3O5S. The van der Waals surface area contributed by atoms with Crippen molar-refractivity contribution < 1.29 is 23.5 Å². The van der Waals surface area contributed by atoms with Crippen molar-refractivity contribution >= 4 is 17.2 Å². The maximum absolute atomic E-state index is 12.2. The average Bonchev–Trinajstić information content (AvgIpc) is 3.38. The molecule has 3 rings (SSSR count). The summed E-state index contributed by atoms with van der Waals surface area (Å²) in [5.74, 6) is 1.90. The molecule has 1 N–H and O–H groups in total. The van der Waals surface area contributed by atoms with E-state index in [1.807, 2.05) is 11.4 Å². The van der Waals surface area contributed by atoms with Crippen molar-refractivity contribution in [3.8, 4) is 28.6 Å². The molecule has 8 nitrogen and oxygen atoms in total. The molecule has 0 aliphatic carbocycles. The van der Waals surface area contributed by atoms with Gasteiger partial charge >= 0.3 is 0 Å². The fourth-order valence-corrected chi connectivity index (χ4v) is 3.10. The first kappa shape index (κ1) is 18.7. The first-order chi connectivity index (χ1) is 13.1. The van der Waals surface area contributed by atoms with Gasteiger partial charge in [0.1, 0.15) is 6.04 Å². The zero-order valence-corrected chi connectivity index (χ0v) is 16.1. The molecule has 9 heteroatoms. The number of ether oxygens (including phenoxy) is 3. The molecule has 0 fully saturated rings. The van der Waals surface area contributed by atoms with Gasteiger partial charge in [-0.3, -0.25) is 4.79 Å². The summed E-state index contributed by atoms with van der Waals surface area (Å²) >= 11 is 1.36. The van der Waals surface area contributed by atoms with Gasteiger partial charge in [0, 0.05) is 5.56 Å². The molecule has 2 heterocycles. The molecule has 0 saturated heterocycles. The van der Waals surface area contributed by atoms with Crippen LogP contribution < -0.4 is 19.5 Å². The van der Waals surface area contributed by atoms with Crippen molar-refractivity contribution in [2.24, 2.45) is 0 Å². The zero-order valence-electron chi connectivity index (χ0n) is 15.3. The lowest BCUT2D eigenvalue weighted by Crippen LogP contribution is -2.26. The van der Waals surface area contributed by atoms with Gasteiger partial charge in [-0.15, -0.1) is 11.3 Å². The number of amides is 1. The Hall–Kier alpha value is -3.07. The maximum Gasteiger partial charge on any atom is 0.261 e. The number of hydrogen-bond donors (Lipinski definition) is 1. The number of nitrogens with one attached hydrogen (secondary N) is 1. The van der Waals surface area contributed by atoms with Crippen LogP contribution in [-0.4, -0.2) is 37.4 Å². The first-order valence-electron chi connectivity index (χ1n) is 8.05. The Labute approximate surface area is 160 Å². The van der Waals surface area contributed by atoms with Gasteiger partial charge < -0.3 is 24.1 Å². The Morgan fingerprint density at radius 1 is 1.19 bits per heavy atom. The highest BCUT2D eigenvalue weighted by Crippen LogP contribution is 2.40. The van der Waals surface area contributed by atoms with Crippen LogP contribution in [0.25, 0.3) is 11.4 Å². The Morgan fingerprint density at radius 2 is 1.89 bits per heavy atom. The maximum atomic E-state index is 12.2. The molecular weight excluding hydrogens is 370 g/mol. The summed E-state index contributed by atoms with van der Waals surface area (Å²) in [6, 6.07) is 6.58. The quantitative estimate of drug-likeness (QED) is 0.662. The SMILES string of the molecule is COc1cc(-c2noc([C@H](C)NC(=O)c3cccs3)n2)cc(OC)c1OC. The van der Waals surface area contributed by atoms with E-state index in [0.717, 1.165) is 0 Å². The minimum Gasteiger partial charge on any atom is -0.493 e. The molecule has 27 heavy (non-hydrogen) atoms. The van der Waals surface area contributed by atoms with Crippen LogP contribution in [0.3, 0.4) is 0 Å². The van der Waals surface area contributed by atoms with E-state index in [9.17, 15) is 4.79 Å². The monoisotopic (exact) mass is 389 g/mol. The van der Waals surface area contributed by atoms with Crippen LogP contribution >= 0.6 is 11.3 Å². The number of rotatable bonds is 7. The molecule has 1 atom stereocenters. The van der Waals surface area contributed by atoms with Gasteiger partial charge in [-0.2, -0.15) is 4.98 Å². The standard InChI is InChI=1S/C18H19N3O5S/c1-10(19-17(22)14-6-5-7-27-14)18-20-16(21-26-18)11-8-12(23-2)15(25-4)13(9-11)24-3/h5-10H,1-4H3,(H,19,22)/t10-/m0/s1. The van der Waals surface area contributed by atoms with E-state index in [2.05, 4.69) is 15.5 Å². The van der Waals surface area contributed by atoms with Gasteiger partial charge in [0.2, 0.25) is 17.5 Å². The largest absolute Gasteiger partial charge is 0.493 e. The van der Waals surface area contributed by atoms with Crippen LogP contribution in [0.4, 0.5) is 0 Å². The lowest BCUT2D eigenvalue weighted by molar-refractivity contribution is 0.0936. The van der Waals surface area contributed by atoms with E-state index in [1.165, 1.54) is 32.7 Å². The number of carbonyl (C=O) groups excluding carboxylic acids is 1. The molecule has 0 aliphatic heterocycles. The third kappa shape index (κ3) is 3.87. The second-order valence-electron chi connectivity index (χ2n) is 5.54. The summed E-state index contributed by atoms with van der Waals surface area (Å²) in [6.45, 7) is 1.78. The summed E-state index contributed by atoms with van der Waals surface area (Å²) < 4.78 is 21.3. The Balaban J connectivity index is 1.84. The fraction of sp³-hybridized carbons (Fsp3) is 0.278. The van der Waals surface area contributed by atoms with Crippen molar-refractivity contribution in [1.29, 1.82) is 0 Å². The minimum absolute atomic E-state index is 0.190. The average molecular weight is 389 g/mol. The molecule has 0 spiro atoms. The fourth-order valence-electron chi connectivity index (χ4n) is 2.48. The first-order valence-corrected chi connectivity index (χ1v) is 8.93. The molecule has 1 amide bonds. The summed E-state index contributed by atoms with van der Waals surface area (Å²) in [7, 11) is 4.60. The predicted octanol–water partition coefficient (Wildman–Crippen LogP) is 3.31. The van der Waals surface area contributed by atoms with E-state index in [0.29, 0.717) is 39.4 Å². The van der Waals surface area contributed by atoms with E-state index >= 15 is 0 Å². The van der Waals surface area contributed by atoms with Gasteiger partial charge in [0.05, 0.1) is 26.2 Å². The highest BCUT2D eigenvalue weighted by Gasteiger charge is 2.21. The molecule has 1 aromatic carbocycles. The number of hydrogen-bond acceptors (Lipinski definition) is 8. The van der Waals surface area contributed by atoms with Gasteiger partial charge in [-0.05, 0) is 30.5 Å². The van der Waals surface area contributed by atoms with Gasteiger partial charge in [-0.25, -0.2) is 0 Å². The third-order valence-corrected chi connectivity index (χ3v) is 4.70. The van der Waals surface area contributed by atoms with Crippen LogP contribution in [0, 0.1) is 0 Å². The number of nitrogens with zero attached hydrogens (tertiary/aromatic N) is 2. The van der Waals surface area contributed by atoms with Crippen LogP contribution in [0.1, 0.15) is 28.5 Å². The Bertz CT molecular complexity index is 898. The van der Waals surface area contributed by atoms with Gasteiger partial charge in [-0.1, -0.05) is 11.2 Å². The van der Waals surface area contributed by atoms with E-state index in [1.54, 1.807) is 25.1 Å². The topological polar surface area (TPSA) is 95.7 Å². The third-order valence-electron chi connectivity index (χ3n) is 3.83. The van der Waals surface area contributed by atoms with Crippen molar-refractivity contribution in [2.45, 2.75) is 13.0 Å². The number of carbonyl (C=O) groups is 1. The van der Waals surface area contributed by atoms with Crippen LogP contribution in [-0.2, 0) is 0 Å². The lowest BCUT2D eigenvalue weighted by atomic mass is 10.1. The summed E-state index contributed by atoms with van der Waals surface area (Å²) in [4.78, 5) is 17.2. The normalized spacial score (nSPS) is 11.7. The molecule has 0 aliphatic rings. The minimum atomic E-state index is -0.442. The Kier molecular flexibility index (Phi) is 5.60. The molecule has 2 aromatic heterocycles. The van der Waals surface area contributed by atoms with Gasteiger partial charge in [0.15, 0.2) is 11.5 Å². The van der Waals surface area contributed by atoms with E-state index in [4.69, 9.17) is 18.7 Å². The summed E-state index contributed by atoms with van der Waals surface area (Å²) in [5.41, 5.74) is 0.635. The van der Waals surface area contributed by atoms with Crippen molar-refractivity contribution in [3.05, 3.63) is 40.4 Å². The second kappa shape index (κ2) is 8.09. The van der Waals surface area contributed by atoms with Crippen molar-refractivity contribution in [1.82, 2.24) is 15.5 Å². The molecule has 0 bridgehead atoms. The van der Waals surface area contributed by atoms with E-state index < -0.39 is 6.04 Å². The van der Waals surface area contributed by atoms with Crippen LogP contribution in [0.5, 0.6) is 17.2 Å². The summed E-state index contributed by atoms with van der Waals surface area (Å²) in [5, 5.41) is 8.67. The molecule has 142 valence electrons. The Morgan fingerprint density at radius 3 is 2.44 bits per heavy atom. The van der Waals surface area contributed by atoms with E-state index in [-0.39, 0.29) is 5.91 Å². The number of methoxy groups -OCH3 is 3. The van der Waals surface area contributed by atoms with Crippen LogP contribution in [0.15, 0.2) is 34.2 Å². The van der Waals surface area contributed by atoms with Crippen molar-refractivity contribution in [2.75, 3.05) is 21.3 Å². The van der Waals surface area contributed by atoms with Gasteiger partial charge in [0.25, 0.3) is 5.91 Å².